The number of carboxylic acids is 1. The molecule has 0 aromatic rings. The number of aliphatic carboxylic acids is 1. The van der Waals surface area contributed by atoms with Crippen molar-refractivity contribution in [2.75, 3.05) is 0 Å². The minimum atomic E-state index is -5.08. The van der Waals surface area contributed by atoms with Crippen molar-refractivity contribution in [1.29, 1.82) is 0 Å². The monoisotopic (exact) mass is 240 g/mol. The van der Waals surface area contributed by atoms with Gasteiger partial charge >= 0.3 is 12.1 Å². The van der Waals surface area contributed by atoms with E-state index in [1.165, 1.54) is 6.08 Å². The third-order valence-electron chi connectivity index (χ3n) is 1.21. The van der Waals surface area contributed by atoms with Crippen LogP contribution in [0.3, 0.4) is 0 Å². The topological polar surface area (TPSA) is 106 Å². The number of rotatable bonds is 3. The van der Waals surface area contributed by atoms with E-state index in [-0.39, 0.29) is 0 Å². The van der Waals surface area contributed by atoms with Crippen LogP contribution in [0, 0.1) is 0 Å². The molecule has 92 valence electrons. The van der Waals surface area contributed by atoms with E-state index in [2.05, 4.69) is 13.2 Å². The van der Waals surface area contributed by atoms with Crippen LogP contribution in [-0.2, 0) is 9.59 Å². The standard InChI is InChI=1S/C6H10N2O.C2HF3O2/c1-3-4(2)5(7)6(8)9;3-2(4,5)1(6)7/h3,5H,1-2,7H2,(H2,8,9);(H,6,7). The highest BCUT2D eigenvalue weighted by Gasteiger charge is 2.38. The molecule has 0 spiro atoms. The largest absolute Gasteiger partial charge is 0.490 e. The molecular formula is C8H11F3N2O3. The van der Waals surface area contributed by atoms with Crippen molar-refractivity contribution in [1.82, 2.24) is 0 Å². The Morgan fingerprint density at radius 1 is 1.38 bits per heavy atom. The number of alkyl halides is 3. The third-order valence-corrected chi connectivity index (χ3v) is 1.21. The number of halogens is 3. The van der Waals surface area contributed by atoms with Gasteiger partial charge in [-0.05, 0) is 5.57 Å². The molecule has 0 aliphatic carbocycles. The van der Waals surface area contributed by atoms with Crippen molar-refractivity contribution in [2.24, 2.45) is 11.5 Å². The molecule has 8 heteroatoms. The molecule has 0 aromatic heterocycles. The van der Waals surface area contributed by atoms with Gasteiger partial charge < -0.3 is 16.6 Å². The molecule has 0 saturated carbocycles. The van der Waals surface area contributed by atoms with Crippen LogP contribution in [0.25, 0.3) is 0 Å². The highest BCUT2D eigenvalue weighted by Crippen LogP contribution is 2.13. The molecule has 0 saturated heterocycles. The molecule has 5 nitrogen and oxygen atoms in total. The number of carboxylic acid groups (broad SMARTS) is 1. The Morgan fingerprint density at radius 2 is 1.69 bits per heavy atom. The first-order valence-electron chi connectivity index (χ1n) is 3.70. The maximum Gasteiger partial charge on any atom is 0.490 e. The molecule has 1 amide bonds. The lowest BCUT2D eigenvalue weighted by Gasteiger charge is -2.04. The number of hydrogen-bond acceptors (Lipinski definition) is 3. The van der Waals surface area contributed by atoms with Crippen LogP contribution < -0.4 is 11.5 Å². The zero-order valence-electron chi connectivity index (χ0n) is 8.12. The Kier molecular flexibility index (Phi) is 6.86. The van der Waals surface area contributed by atoms with E-state index < -0.39 is 24.1 Å². The normalized spacial score (nSPS) is 11.8. The Bertz CT molecular complexity index is 299. The van der Waals surface area contributed by atoms with E-state index in [1.54, 1.807) is 0 Å². The number of amides is 1. The summed E-state index contributed by atoms with van der Waals surface area (Å²) in [4.78, 5) is 19.2. The molecule has 0 aromatic carbocycles. The van der Waals surface area contributed by atoms with Crippen molar-refractivity contribution >= 4 is 11.9 Å². The van der Waals surface area contributed by atoms with Crippen LogP contribution in [0.4, 0.5) is 13.2 Å². The van der Waals surface area contributed by atoms with E-state index in [0.29, 0.717) is 5.57 Å². The number of hydrogen-bond donors (Lipinski definition) is 3. The first-order valence-corrected chi connectivity index (χ1v) is 3.70. The lowest BCUT2D eigenvalue weighted by atomic mass is 10.1. The van der Waals surface area contributed by atoms with Crippen LogP contribution in [0.15, 0.2) is 24.8 Å². The lowest BCUT2D eigenvalue weighted by Crippen LogP contribution is -2.37. The van der Waals surface area contributed by atoms with E-state index in [0.717, 1.165) is 0 Å². The number of nitrogens with two attached hydrogens (primary N) is 2. The fraction of sp³-hybridized carbons (Fsp3) is 0.250. The number of primary amides is 1. The van der Waals surface area contributed by atoms with Gasteiger partial charge in [0.25, 0.3) is 0 Å². The summed E-state index contributed by atoms with van der Waals surface area (Å²) in [7, 11) is 0. The molecule has 0 heterocycles. The summed E-state index contributed by atoms with van der Waals surface area (Å²) in [5.41, 5.74) is 10.5. The Morgan fingerprint density at radius 3 is 1.75 bits per heavy atom. The molecule has 0 fully saturated rings. The summed E-state index contributed by atoms with van der Waals surface area (Å²) in [6.45, 7) is 6.83. The van der Waals surface area contributed by atoms with E-state index >= 15 is 0 Å². The fourth-order valence-corrected chi connectivity index (χ4v) is 0.310. The van der Waals surface area contributed by atoms with Gasteiger partial charge in [0.05, 0.1) is 0 Å². The second-order valence-electron chi connectivity index (χ2n) is 2.46. The molecule has 1 unspecified atom stereocenters. The van der Waals surface area contributed by atoms with Gasteiger partial charge in [0, 0.05) is 0 Å². The predicted octanol–water partition coefficient (Wildman–Crippen LogP) is 0.175. The first-order chi connectivity index (χ1) is 7.03. The lowest BCUT2D eigenvalue weighted by molar-refractivity contribution is -0.192. The number of carbonyl (C=O) groups is 2. The third kappa shape index (κ3) is 7.56. The Labute approximate surface area is 89.2 Å². The van der Waals surface area contributed by atoms with Crippen LogP contribution in [0.1, 0.15) is 0 Å². The Balaban J connectivity index is 0. The molecule has 0 rings (SSSR count). The second-order valence-corrected chi connectivity index (χ2v) is 2.46. The molecule has 0 aliphatic rings. The zero-order valence-corrected chi connectivity index (χ0v) is 8.12. The molecule has 0 bridgehead atoms. The number of carbonyl (C=O) groups excluding carboxylic acids is 1. The summed E-state index contributed by atoms with van der Waals surface area (Å²) in [5, 5.41) is 7.12. The molecule has 5 N–H and O–H groups in total. The van der Waals surface area contributed by atoms with Gasteiger partial charge in [0.2, 0.25) is 5.91 Å². The molecular weight excluding hydrogens is 229 g/mol. The smallest absolute Gasteiger partial charge is 0.475 e. The van der Waals surface area contributed by atoms with Gasteiger partial charge in [-0.25, -0.2) is 4.79 Å². The van der Waals surface area contributed by atoms with Gasteiger partial charge in [-0.15, -0.1) is 0 Å². The van der Waals surface area contributed by atoms with Gasteiger partial charge in [0.15, 0.2) is 0 Å². The maximum absolute atomic E-state index is 10.6. The summed E-state index contributed by atoms with van der Waals surface area (Å²) in [5.74, 6) is -3.34. The SMILES string of the molecule is C=CC(=C)C(N)C(N)=O.O=C(O)C(F)(F)F. The highest BCUT2D eigenvalue weighted by atomic mass is 19.4. The van der Waals surface area contributed by atoms with Crippen molar-refractivity contribution in [2.45, 2.75) is 12.2 Å². The van der Waals surface area contributed by atoms with Gasteiger partial charge in [-0.1, -0.05) is 19.2 Å². The van der Waals surface area contributed by atoms with Crippen LogP contribution in [0.2, 0.25) is 0 Å². The molecule has 0 aliphatic heterocycles. The van der Waals surface area contributed by atoms with E-state index in [4.69, 9.17) is 21.4 Å². The maximum atomic E-state index is 10.6. The minimum Gasteiger partial charge on any atom is -0.475 e. The summed E-state index contributed by atoms with van der Waals surface area (Å²) >= 11 is 0. The molecule has 0 radical (unpaired) electrons. The van der Waals surface area contributed by atoms with Crippen LogP contribution in [-0.4, -0.2) is 29.2 Å². The van der Waals surface area contributed by atoms with Crippen molar-refractivity contribution in [3.63, 3.8) is 0 Å². The van der Waals surface area contributed by atoms with E-state index in [1.807, 2.05) is 0 Å². The second kappa shape index (κ2) is 6.62. The van der Waals surface area contributed by atoms with Gasteiger partial charge in [-0.3, -0.25) is 4.79 Å². The quantitative estimate of drug-likeness (QED) is 0.611. The van der Waals surface area contributed by atoms with Crippen LogP contribution in [0.5, 0.6) is 0 Å². The van der Waals surface area contributed by atoms with Gasteiger partial charge in [0.1, 0.15) is 6.04 Å². The molecule has 16 heavy (non-hydrogen) atoms. The van der Waals surface area contributed by atoms with Crippen molar-refractivity contribution in [3.8, 4) is 0 Å². The summed E-state index contributed by atoms with van der Waals surface area (Å²) in [6.07, 6.45) is -3.67. The zero-order chi connectivity index (χ0) is 13.5. The van der Waals surface area contributed by atoms with E-state index in [9.17, 15) is 18.0 Å². The van der Waals surface area contributed by atoms with Gasteiger partial charge in [-0.2, -0.15) is 13.2 Å². The van der Waals surface area contributed by atoms with Crippen LogP contribution >= 0.6 is 0 Å². The first kappa shape index (κ1) is 16.6. The fourth-order valence-electron chi connectivity index (χ4n) is 0.310. The molecule has 1 atom stereocenters. The Hall–Kier alpha value is -1.83. The predicted molar refractivity (Wildman–Crippen MR) is 50.2 cm³/mol. The van der Waals surface area contributed by atoms with Crippen molar-refractivity contribution < 1.29 is 27.9 Å². The minimum absolute atomic E-state index is 0.447. The average molecular weight is 240 g/mol. The summed E-state index contributed by atoms with van der Waals surface area (Å²) in [6, 6.07) is -0.789. The van der Waals surface area contributed by atoms with Crippen molar-refractivity contribution in [3.05, 3.63) is 24.8 Å². The summed E-state index contributed by atoms with van der Waals surface area (Å²) < 4.78 is 31.7. The average Bonchev–Trinajstić information content (AvgIpc) is 2.14. The highest BCUT2D eigenvalue weighted by molar-refractivity contribution is 5.83.